The largest absolute Gasteiger partial charge is 0.444 e. The van der Waals surface area contributed by atoms with E-state index in [1.807, 2.05) is 13.8 Å². The molecule has 1 aliphatic heterocycles. The Morgan fingerprint density at radius 3 is 2.23 bits per heavy atom. The molecule has 0 radical (unpaired) electrons. The van der Waals surface area contributed by atoms with Crippen molar-refractivity contribution in [2.75, 3.05) is 6.54 Å². The lowest BCUT2D eigenvalue weighted by Crippen LogP contribution is -2.58. The first kappa shape index (κ1) is 31.5. The molecule has 0 aromatic heterocycles. The van der Waals surface area contributed by atoms with Crippen molar-refractivity contribution in [2.45, 2.75) is 111 Å². The summed E-state index contributed by atoms with van der Waals surface area (Å²) in [5, 5.41) is 5.43. The van der Waals surface area contributed by atoms with Gasteiger partial charge in [0, 0.05) is 19.9 Å². The summed E-state index contributed by atoms with van der Waals surface area (Å²) in [5.41, 5.74) is -0.971. The van der Waals surface area contributed by atoms with Crippen molar-refractivity contribution in [3.8, 4) is 0 Å². The van der Waals surface area contributed by atoms with Crippen LogP contribution in [-0.2, 0) is 28.7 Å². The van der Waals surface area contributed by atoms with Crippen LogP contribution in [0.25, 0.3) is 0 Å². The maximum atomic E-state index is 13.9. The third kappa shape index (κ3) is 7.37. The SMILES string of the molecule is C/C=C/C(=O)CC[C@H](NC(=O)OC(C)(C)C)C(=O)N1CC2C([C@H]1C(=O)NC(CC1CCC1)C(=O)C(C)=O)C2(C)C. The van der Waals surface area contributed by atoms with Crippen molar-refractivity contribution in [2.24, 2.45) is 23.2 Å². The van der Waals surface area contributed by atoms with Crippen molar-refractivity contribution in [3.63, 3.8) is 0 Å². The van der Waals surface area contributed by atoms with Gasteiger partial charge in [0.2, 0.25) is 17.6 Å². The fourth-order valence-electron chi connectivity index (χ4n) is 6.07. The van der Waals surface area contributed by atoms with Gasteiger partial charge in [-0.15, -0.1) is 0 Å². The third-order valence-corrected chi connectivity index (χ3v) is 8.55. The number of likely N-dealkylation sites (tertiary alicyclic amines) is 1. The molecule has 10 nitrogen and oxygen atoms in total. The minimum absolute atomic E-state index is 0.0240. The van der Waals surface area contributed by atoms with E-state index in [1.165, 1.54) is 17.9 Å². The van der Waals surface area contributed by atoms with Gasteiger partial charge in [0.25, 0.3) is 0 Å². The van der Waals surface area contributed by atoms with Gasteiger partial charge in [0.1, 0.15) is 17.7 Å². The molecule has 0 spiro atoms. The smallest absolute Gasteiger partial charge is 0.408 e. The first-order chi connectivity index (χ1) is 18.6. The molecule has 0 aromatic carbocycles. The number of ketones is 3. The van der Waals surface area contributed by atoms with Gasteiger partial charge in [-0.05, 0) is 69.8 Å². The zero-order valence-corrected chi connectivity index (χ0v) is 24.9. The lowest BCUT2D eigenvalue weighted by Gasteiger charge is -2.35. The maximum Gasteiger partial charge on any atom is 0.408 e. The molecule has 2 N–H and O–H groups in total. The minimum Gasteiger partial charge on any atom is -0.444 e. The highest BCUT2D eigenvalue weighted by atomic mass is 16.6. The average Bonchev–Trinajstić information content (AvgIpc) is 3.14. The van der Waals surface area contributed by atoms with Gasteiger partial charge in [0.05, 0.1) is 6.04 Å². The summed E-state index contributed by atoms with van der Waals surface area (Å²) in [7, 11) is 0. The normalized spacial score (nSPS) is 24.9. The second kappa shape index (κ2) is 12.2. The van der Waals surface area contributed by atoms with Crippen molar-refractivity contribution in [3.05, 3.63) is 12.2 Å². The summed E-state index contributed by atoms with van der Waals surface area (Å²) >= 11 is 0. The molecule has 0 bridgehead atoms. The van der Waals surface area contributed by atoms with Gasteiger partial charge in [-0.2, -0.15) is 0 Å². The monoisotopic (exact) mass is 559 g/mol. The molecule has 3 fully saturated rings. The lowest BCUT2D eigenvalue weighted by atomic mass is 9.80. The van der Waals surface area contributed by atoms with Crippen LogP contribution in [0.2, 0.25) is 0 Å². The first-order valence-electron chi connectivity index (χ1n) is 14.4. The molecule has 222 valence electrons. The number of amides is 3. The fourth-order valence-corrected chi connectivity index (χ4v) is 6.07. The van der Waals surface area contributed by atoms with Crippen LogP contribution < -0.4 is 10.6 Å². The van der Waals surface area contributed by atoms with Gasteiger partial charge in [0.15, 0.2) is 11.6 Å². The molecule has 3 rings (SSSR count). The van der Waals surface area contributed by atoms with Crippen LogP contribution in [0.4, 0.5) is 4.79 Å². The number of allylic oxidation sites excluding steroid dienone is 2. The number of carbonyl (C=O) groups excluding carboxylic acids is 6. The van der Waals surface area contributed by atoms with Crippen LogP contribution in [0.1, 0.15) is 87.0 Å². The Labute approximate surface area is 237 Å². The first-order valence-corrected chi connectivity index (χ1v) is 14.4. The molecular formula is C30H45N3O7. The zero-order chi connectivity index (χ0) is 30.0. The highest BCUT2D eigenvalue weighted by molar-refractivity contribution is 6.38. The maximum absolute atomic E-state index is 13.9. The predicted octanol–water partition coefficient (Wildman–Crippen LogP) is 3.12. The number of nitrogens with zero attached hydrogens (tertiary/aromatic N) is 1. The topological polar surface area (TPSA) is 139 Å². The van der Waals surface area contributed by atoms with E-state index >= 15 is 0 Å². The number of nitrogens with one attached hydrogen (secondary N) is 2. The molecule has 10 heteroatoms. The van der Waals surface area contributed by atoms with Crippen LogP contribution in [0.3, 0.4) is 0 Å². The Kier molecular flexibility index (Phi) is 9.62. The Morgan fingerprint density at radius 1 is 1.05 bits per heavy atom. The highest BCUT2D eigenvalue weighted by Crippen LogP contribution is 2.65. The van der Waals surface area contributed by atoms with Crippen molar-refractivity contribution in [1.82, 2.24) is 15.5 Å². The third-order valence-electron chi connectivity index (χ3n) is 8.55. The fraction of sp³-hybridized carbons (Fsp3) is 0.733. The highest BCUT2D eigenvalue weighted by Gasteiger charge is 2.69. The van der Waals surface area contributed by atoms with E-state index in [2.05, 4.69) is 10.6 Å². The molecule has 40 heavy (non-hydrogen) atoms. The lowest BCUT2D eigenvalue weighted by molar-refractivity contribution is -0.144. The number of fused-ring (bicyclic) bond motifs is 1. The molecule has 1 heterocycles. The standard InChI is InChI=1S/C30H45N3O7/c1-8-10-19(35)13-14-21(32-28(39)40-29(3,4)5)27(38)33-16-20-23(30(20,6)7)24(33)26(37)31-22(25(36)17(2)34)15-18-11-9-12-18/h8,10,18,20-24H,9,11-16H2,1-7H3,(H,31,37)(H,32,39)/b10-8+/t20?,21-,22?,23?,24-/m0/s1. The molecule has 2 aliphatic carbocycles. The van der Waals surface area contributed by atoms with Gasteiger partial charge in [-0.1, -0.05) is 39.2 Å². The molecular weight excluding hydrogens is 514 g/mol. The van der Waals surface area contributed by atoms with Crippen LogP contribution in [0.5, 0.6) is 0 Å². The Morgan fingerprint density at radius 2 is 1.70 bits per heavy atom. The number of carbonyl (C=O) groups is 6. The summed E-state index contributed by atoms with van der Waals surface area (Å²) in [6.07, 6.45) is 5.66. The Balaban J connectivity index is 1.82. The van der Waals surface area contributed by atoms with Crippen molar-refractivity contribution < 1.29 is 33.5 Å². The second-order valence-corrected chi connectivity index (χ2v) is 13.1. The Hall–Kier alpha value is -3.04. The summed E-state index contributed by atoms with van der Waals surface area (Å²) in [6.45, 7) is 12.4. The number of rotatable bonds is 12. The Bertz CT molecular complexity index is 1070. The van der Waals surface area contributed by atoms with E-state index in [0.29, 0.717) is 13.0 Å². The van der Waals surface area contributed by atoms with Crippen molar-refractivity contribution in [1.29, 1.82) is 0 Å². The second-order valence-electron chi connectivity index (χ2n) is 13.1. The summed E-state index contributed by atoms with van der Waals surface area (Å²) in [4.78, 5) is 78.6. The number of hydrogen-bond acceptors (Lipinski definition) is 7. The summed E-state index contributed by atoms with van der Waals surface area (Å²) in [5.74, 6) is -2.14. The number of piperidine rings is 1. The molecule has 2 saturated carbocycles. The van der Waals surface area contributed by atoms with Crippen molar-refractivity contribution >= 4 is 35.3 Å². The van der Waals surface area contributed by atoms with Crippen LogP contribution in [0, 0.1) is 23.2 Å². The van der Waals surface area contributed by atoms with Crippen LogP contribution >= 0.6 is 0 Å². The number of hydrogen-bond donors (Lipinski definition) is 2. The van der Waals surface area contributed by atoms with Crippen LogP contribution in [0.15, 0.2) is 12.2 Å². The summed E-state index contributed by atoms with van der Waals surface area (Å²) in [6, 6.07) is -2.86. The van der Waals surface area contributed by atoms with E-state index in [9.17, 15) is 28.8 Å². The number of Topliss-reactive ketones (excluding diaryl/α,β-unsaturated/α-hetero) is 2. The van der Waals surface area contributed by atoms with E-state index in [0.717, 1.165) is 19.3 Å². The number of ether oxygens (including phenoxy) is 1. The van der Waals surface area contributed by atoms with Gasteiger partial charge >= 0.3 is 6.09 Å². The van der Waals surface area contributed by atoms with E-state index in [1.54, 1.807) is 33.8 Å². The molecule has 3 unspecified atom stereocenters. The van der Waals surface area contributed by atoms with Crippen LogP contribution in [-0.4, -0.2) is 70.4 Å². The van der Waals surface area contributed by atoms with Gasteiger partial charge in [-0.25, -0.2) is 4.79 Å². The van der Waals surface area contributed by atoms with Gasteiger partial charge in [-0.3, -0.25) is 24.0 Å². The molecule has 3 aliphatic rings. The van der Waals surface area contributed by atoms with Gasteiger partial charge < -0.3 is 20.3 Å². The summed E-state index contributed by atoms with van der Waals surface area (Å²) < 4.78 is 5.36. The average molecular weight is 560 g/mol. The minimum atomic E-state index is -1.08. The van der Waals surface area contributed by atoms with E-state index in [4.69, 9.17) is 4.74 Å². The molecule has 3 amide bonds. The molecule has 1 saturated heterocycles. The molecule has 5 atom stereocenters. The van der Waals surface area contributed by atoms with E-state index < -0.39 is 53.2 Å². The quantitative estimate of drug-likeness (QED) is 0.277. The predicted molar refractivity (Wildman–Crippen MR) is 148 cm³/mol. The number of alkyl carbamates (subject to hydrolysis) is 1. The van der Waals surface area contributed by atoms with E-state index in [-0.39, 0.29) is 41.8 Å². The molecule has 0 aromatic rings. The zero-order valence-electron chi connectivity index (χ0n) is 24.9.